The molecule has 0 saturated carbocycles. The van der Waals surface area contributed by atoms with Gasteiger partial charge < -0.3 is 5.73 Å². The van der Waals surface area contributed by atoms with E-state index in [1.807, 2.05) is 0 Å². The second kappa shape index (κ2) is 5.10. The molecule has 10 heteroatoms. The maximum absolute atomic E-state index is 12.2. The average Bonchev–Trinajstić information content (AvgIpc) is 2.41. The molecule has 7 nitrogen and oxygen atoms in total. The Morgan fingerprint density at radius 1 is 1.14 bits per heavy atom. The van der Waals surface area contributed by atoms with Gasteiger partial charge >= 0.3 is 5.69 Å². The summed E-state index contributed by atoms with van der Waals surface area (Å²) in [7, 11) is 0. The minimum Gasteiger partial charge on any atom is -0.384 e. The molecule has 0 radical (unpaired) electrons. The van der Waals surface area contributed by atoms with Crippen molar-refractivity contribution < 1.29 is 0 Å². The normalized spacial score (nSPS) is 11.0. The number of nitrogens with zero attached hydrogens (tertiary/aromatic N) is 5. The van der Waals surface area contributed by atoms with E-state index >= 15 is 0 Å². The minimum atomic E-state index is -0.702. The van der Waals surface area contributed by atoms with Gasteiger partial charge in [-0.15, -0.1) is 0 Å². The van der Waals surface area contributed by atoms with Gasteiger partial charge in [-0.3, -0.25) is 0 Å². The number of nitrogens with two attached hydrogens (primary N) is 1. The van der Waals surface area contributed by atoms with Gasteiger partial charge in [0.15, 0.2) is 10.8 Å². The number of aromatic nitrogens is 5. The second-order valence-corrected chi connectivity index (χ2v) is 5.03. The first-order chi connectivity index (χ1) is 9.99. The smallest absolute Gasteiger partial charge is 0.356 e. The van der Waals surface area contributed by atoms with Crippen LogP contribution in [0.4, 0.5) is 5.82 Å². The van der Waals surface area contributed by atoms with Crippen molar-refractivity contribution in [2.45, 2.75) is 0 Å². The van der Waals surface area contributed by atoms with Crippen LogP contribution in [0.25, 0.3) is 16.7 Å². The van der Waals surface area contributed by atoms with E-state index in [0.29, 0.717) is 5.39 Å². The molecule has 0 saturated heterocycles. The van der Waals surface area contributed by atoms with Crippen molar-refractivity contribution in [3.63, 3.8) is 0 Å². The minimum absolute atomic E-state index is 0.0207. The molecule has 2 N–H and O–H groups in total. The first-order valence-electron chi connectivity index (χ1n) is 5.50. The lowest BCUT2D eigenvalue weighted by atomic mass is 10.3. The lowest BCUT2D eigenvalue weighted by Crippen LogP contribution is -2.25. The van der Waals surface area contributed by atoms with E-state index in [1.54, 1.807) is 0 Å². The fourth-order valence-corrected chi connectivity index (χ4v) is 2.45. The predicted octanol–water partition coefficient (Wildman–Crippen LogP) is 2.11. The first-order valence-corrected chi connectivity index (χ1v) is 6.63. The third kappa shape index (κ3) is 2.29. The van der Waals surface area contributed by atoms with Gasteiger partial charge in [-0.25, -0.2) is 19.3 Å². The molecular formula is C11H5Cl3N6O. The topological polar surface area (TPSA) is 99.6 Å². The maximum atomic E-state index is 12.2. The molecule has 106 valence electrons. The van der Waals surface area contributed by atoms with E-state index in [1.165, 1.54) is 18.5 Å². The standard InChI is InChI=1S/C11H5Cl3N6O/c12-5-1-2-16-7(13)6(5)20-8(15)4-3-17-10(14)18-9(4)19-11(20)21/h1-3H,15H2. The summed E-state index contributed by atoms with van der Waals surface area (Å²) in [4.78, 5) is 27.5. The van der Waals surface area contributed by atoms with Crippen LogP contribution < -0.4 is 11.4 Å². The van der Waals surface area contributed by atoms with E-state index in [0.717, 1.165) is 4.57 Å². The Hall–Kier alpha value is -1.96. The Labute approximate surface area is 132 Å². The monoisotopic (exact) mass is 342 g/mol. The third-order valence-electron chi connectivity index (χ3n) is 2.70. The number of rotatable bonds is 1. The Morgan fingerprint density at radius 3 is 2.62 bits per heavy atom. The van der Waals surface area contributed by atoms with Crippen molar-refractivity contribution >= 4 is 51.7 Å². The molecule has 0 spiro atoms. The predicted molar refractivity (Wildman–Crippen MR) is 80.2 cm³/mol. The summed E-state index contributed by atoms with van der Waals surface area (Å²) in [6.45, 7) is 0. The van der Waals surface area contributed by atoms with Gasteiger partial charge in [0, 0.05) is 12.4 Å². The lowest BCUT2D eigenvalue weighted by Gasteiger charge is -2.12. The quantitative estimate of drug-likeness (QED) is 0.536. The van der Waals surface area contributed by atoms with E-state index < -0.39 is 5.69 Å². The molecule has 0 aliphatic heterocycles. The molecule has 0 atom stereocenters. The van der Waals surface area contributed by atoms with Gasteiger partial charge in [-0.05, 0) is 17.7 Å². The number of fused-ring (bicyclic) bond motifs is 1. The van der Waals surface area contributed by atoms with Crippen LogP contribution in [0, 0.1) is 0 Å². The highest BCUT2D eigenvalue weighted by Crippen LogP contribution is 2.28. The first kappa shape index (κ1) is 14.0. The van der Waals surface area contributed by atoms with Crippen molar-refractivity contribution in [3.8, 4) is 5.69 Å². The molecular weight excluding hydrogens is 339 g/mol. The van der Waals surface area contributed by atoms with Crippen LogP contribution in [-0.4, -0.2) is 24.5 Å². The van der Waals surface area contributed by atoms with Crippen LogP contribution in [0.15, 0.2) is 23.3 Å². The molecule has 0 aromatic carbocycles. The summed E-state index contributed by atoms with van der Waals surface area (Å²) in [6.07, 6.45) is 2.77. The zero-order chi connectivity index (χ0) is 15.1. The molecule has 0 bridgehead atoms. The van der Waals surface area contributed by atoms with Gasteiger partial charge in [0.25, 0.3) is 0 Å². The number of hydrogen-bond donors (Lipinski definition) is 1. The molecule has 21 heavy (non-hydrogen) atoms. The van der Waals surface area contributed by atoms with Gasteiger partial charge in [-0.2, -0.15) is 9.97 Å². The molecule has 3 heterocycles. The van der Waals surface area contributed by atoms with Crippen molar-refractivity contribution in [2.75, 3.05) is 5.73 Å². The summed E-state index contributed by atoms with van der Waals surface area (Å²) < 4.78 is 1.05. The van der Waals surface area contributed by atoms with Crippen molar-refractivity contribution in [3.05, 3.63) is 44.4 Å². The average molecular weight is 344 g/mol. The molecule has 0 unspecified atom stereocenters. The highest BCUT2D eigenvalue weighted by molar-refractivity contribution is 6.37. The largest absolute Gasteiger partial charge is 0.384 e. The summed E-state index contributed by atoms with van der Waals surface area (Å²) in [6, 6.07) is 1.48. The molecule has 3 aromatic rings. The molecule has 0 amide bonds. The van der Waals surface area contributed by atoms with Crippen molar-refractivity contribution in [1.82, 2.24) is 24.5 Å². The van der Waals surface area contributed by atoms with Gasteiger partial charge in [0.2, 0.25) is 5.28 Å². The van der Waals surface area contributed by atoms with E-state index in [2.05, 4.69) is 19.9 Å². The van der Waals surface area contributed by atoms with Gasteiger partial charge in [0.1, 0.15) is 11.5 Å². The summed E-state index contributed by atoms with van der Waals surface area (Å²) in [5, 5.41) is 0.533. The number of hydrogen-bond acceptors (Lipinski definition) is 6. The van der Waals surface area contributed by atoms with Crippen molar-refractivity contribution in [2.24, 2.45) is 0 Å². The van der Waals surface area contributed by atoms with Crippen LogP contribution >= 0.6 is 34.8 Å². The Bertz CT molecular complexity index is 905. The number of halogens is 3. The number of nitrogen functional groups attached to an aromatic ring is 1. The molecule has 3 rings (SSSR count). The summed E-state index contributed by atoms with van der Waals surface area (Å²) >= 11 is 17.7. The molecule has 0 aliphatic rings. The fraction of sp³-hybridized carbons (Fsp3) is 0. The number of anilines is 1. The fourth-order valence-electron chi connectivity index (χ4n) is 1.80. The van der Waals surface area contributed by atoms with E-state index in [4.69, 9.17) is 40.5 Å². The Kier molecular flexibility index (Phi) is 3.40. The highest BCUT2D eigenvalue weighted by atomic mass is 35.5. The maximum Gasteiger partial charge on any atom is 0.356 e. The lowest BCUT2D eigenvalue weighted by molar-refractivity contribution is 0.932. The molecule has 3 aromatic heterocycles. The number of pyridine rings is 1. The van der Waals surface area contributed by atoms with Crippen molar-refractivity contribution in [1.29, 1.82) is 0 Å². The molecule has 0 aliphatic carbocycles. The van der Waals surface area contributed by atoms with Crippen LogP contribution in [0.3, 0.4) is 0 Å². The SMILES string of the molecule is Nc1c2cnc(Cl)nc2nc(=O)n1-c1c(Cl)ccnc1Cl. The van der Waals surface area contributed by atoms with Gasteiger partial charge in [-0.1, -0.05) is 23.2 Å². The van der Waals surface area contributed by atoms with E-state index in [-0.39, 0.29) is 32.6 Å². The highest BCUT2D eigenvalue weighted by Gasteiger charge is 2.17. The zero-order valence-electron chi connectivity index (χ0n) is 10.1. The third-order valence-corrected chi connectivity index (χ3v) is 3.47. The van der Waals surface area contributed by atoms with Crippen LogP contribution in [-0.2, 0) is 0 Å². The van der Waals surface area contributed by atoms with Crippen LogP contribution in [0.2, 0.25) is 15.5 Å². The Balaban J connectivity index is 2.44. The second-order valence-electron chi connectivity index (χ2n) is 3.92. The summed E-state index contributed by atoms with van der Waals surface area (Å²) in [5.74, 6) is 0.0402. The van der Waals surface area contributed by atoms with Crippen LogP contribution in [0.5, 0.6) is 0 Å². The molecule has 0 fully saturated rings. The Morgan fingerprint density at radius 2 is 1.90 bits per heavy atom. The zero-order valence-corrected chi connectivity index (χ0v) is 12.4. The summed E-state index contributed by atoms with van der Waals surface area (Å²) in [5.41, 5.74) is 5.53. The van der Waals surface area contributed by atoms with Gasteiger partial charge in [0.05, 0.1) is 10.4 Å². The van der Waals surface area contributed by atoms with E-state index in [9.17, 15) is 4.79 Å². The van der Waals surface area contributed by atoms with Crippen LogP contribution in [0.1, 0.15) is 0 Å².